The van der Waals surface area contributed by atoms with Crippen molar-refractivity contribution in [2.24, 2.45) is 0 Å². The van der Waals surface area contributed by atoms with Crippen molar-refractivity contribution in [3.63, 3.8) is 0 Å². The summed E-state index contributed by atoms with van der Waals surface area (Å²) in [5.74, 6) is 0. The number of nitrogens with zero attached hydrogens (tertiary/aromatic N) is 1. The maximum absolute atomic E-state index is 11.9. The van der Waals surface area contributed by atoms with E-state index in [4.69, 9.17) is 4.74 Å². The third-order valence-corrected chi connectivity index (χ3v) is 4.78. The monoisotopic (exact) mass is 310 g/mol. The number of aromatic amines is 1. The number of hydrogen-bond donors (Lipinski definition) is 3. The Morgan fingerprint density at radius 1 is 1.41 bits per heavy atom. The summed E-state index contributed by atoms with van der Waals surface area (Å²) in [7, 11) is 0. The molecule has 1 aliphatic heterocycles. The number of aromatic nitrogens is 2. The second kappa shape index (κ2) is 5.64. The van der Waals surface area contributed by atoms with Crippen LogP contribution in [0, 0.1) is 6.92 Å². The average molecular weight is 310 g/mol. The maximum Gasteiger partial charge on any atom is 0.330 e. The lowest BCUT2D eigenvalue weighted by Gasteiger charge is -2.27. The lowest BCUT2D eigenvalue weighted by atomic mass is 9.92. The number of rotatable bonds is 3. The van der Waals surface area contributed by atoms with Crippen LogP contribution in [0.4, 0.5) is 0 Å². The quantitative estimate of drug-likeness (QED) is 0.739. The van der Waals surface area contributed by atoms with E-state index in [1.165, 1.54) is 10.8 Å². The molecular weight excluding hydrogens is 288 g/mol. The van der Waals surface area contributed by atoms with Gasteiger partial charge in [-0.15, -0.1) is 0 Å². The van der Waals surface area contributed by atoms with E-state index >= 15 is 0 Å². The third-order valence-electron chi connectivity index (χ3n) is 4.78. The van der Waals surface area contributed by atoms with Crippen LogP contribution in [0.2, 0.25) is 0 Å². The second-order valence-corrected chi connectivity index (χ2v) is 6.55. The summed E-state index contributed by atoms with van der Waals surface area (Å²) in [6.45, 7) is 1.61. The van der Waals surface area contributed by atoms with Crippen LogP contribution in [0.3, 0.4) is 0 Å². The first-order valence-corrected chi connectivity index (χ1v) is 7.76. The molecule has 7 nitrogen and oxygen atoms in total. The predicted molar refractivity (Wildman–Crippen MR) is 78.6 cm³/mol. The van der Waals surface area contributed by atoms with Gasteiger partial charge in [0.05, 0.1) is 17.8 Å². The number of ether oxygens (including phenoxy) is 1. The van der Waals surface area contributed by atoms with Gasteiger partial charge in [-0.1, -0.05) is 12.8 Å². The van der Waals surface area contributed by atoms with Crippen LogP contribution in [-0.4, -0.2) is 37.6 Å². The Balaban J connectivity index is 1.77. The minimum absolute atomic E-state index is 0.270. The molecule has 0 bridgehead atoms. The molecule has 3 rings (SSSR count). The number of aliphatic hydroxyl groups is 2. The van der Waals surface area contributed by atoms with Crippen LogP contribution in [0.25, 0.3) is 0 Å². The molecule has 2 aliphatic rings. The van der Waals surface area contributed by atoms with Gasteiger partial charge in [-0.3, -0.25) is 14.3 Å². The fraction of sp³-hybridized carbons (Fsp3) is 0.733. The van der Waals surface area contributed by atoms with Crippen molar-refractivity contribution < 1.29 is 14.9 Å². The van der Waals surface area contributed by atoms with E-state index in [1.54, 1.807) is 6.92 Å². The highest BCUT2D eigenvalue weighted by molar-refractivity contribution is 5.02. The van der Waals surface area contributed by atoms with E-state index in [9.17, 15) is 19.8 Å². The Morgan fingerprint density at radius 3 is 2.77 bits per heavy atom. The molecule has 0 spiro atoms. The van der Waals surface area contributed by atoms with E-state index in [0.29, 0.717) is 12.0 Å². The van der Waals surface area contributed by atoms with Crippen LogP contribution in [-0.2, 0) is 4.74 Å². The molecular formula is C15H22N2O5. The summed E-state index contributed by atoms with van der Waals surface area (Å²) in [5, 5.41) is 20.6. The van der Waals surface area contributed by atoms with E-state index < -0.39 is 35.3 Å². The molecule has 7 heteroatoms. The van der Waals surface area contributed by atoms with Crippen LogP contribution in [0.1, 0.15) is 50.3 Å². The molecule has 1 aromatic heterocycles. The smallest absolute Gasteiger partial charge is 0.330 e. The first-order valence-electron chi connectivity index (χ1n) is 7.76. The number of aryl methyl sites for hydroxylation is 1. The van der Waals surface area contributed by atoms with Crippen molar-refractivity contribution in [1.82, 2.24) is 9.55 Å². The fourth-order valence-corrected chi connectivity index (χ4v) is 3.48. The van der Waals surface area contributed by atoms with Gasteiger partial charge < -0.3 is 14.9 Å². The largest absolute Gasteiger partial charge is 0.390 e. The Labute approximate surface area is 127 Å². The van der Waals surface area contributed by atoms with E-state index in [-0.39, 0.29) is 6.42 Å². The molecule has 1 saturated carbocycles. The molecule has 0 amide bonds. The Kier molecular flexibility index (Phi) is 3.96. The van der Waals surface area contributed by atoms with Gasteiger partial charge in [0.2, 0.25) is 0 Å². The summed E-state index contributed by atoms with van der Waals surface area (Å²) in [6.07, 6.45) is 3.68. The summed E-state index contributed by atoms with van der Waals surface area (Å²) >= 11 is 0. The van der Waals surface area contributed by atoms with Gasteiger partial charge in [-0.2, -0.15) is 0 Å². The molecule has 2 heterocycles. The normalized spacial score (nSPS) is 30.8. The van der Waals surface area contributed by atoms with Gasteiger partial charge in [0.1, 0.15) is 6.23 Å². The van der Waals surface area contributed by atoms with Gasteiger partial charge in [0, 0.05) is 24.6 Å². The molecule has 0 radical (unpaired) electrons. The number of H-pyrrole nitrogens is 1. The summed E-state index contributed by atoms with van der Waals surface area (Å²) < 4.78 is 7.10. The first-order chi connectivity index (χ1) is 10.4. The van der Waals surface area contributed by atoms with Crippen LogP contribution >= 0.6 is 0 Å². The van der Waals surface area contributed by atoms with Gasteiger partial charge in [-0.05, 0) is 19.8 Å². The van der Waals surface area contributed by atoms with Gasteiger partial charge in [0.25, 0.3) is 5.56 Å². The molecule has 3 N–H and O–H groups in total. The summed E-state index contributed by atoms with van der Waals surface area (Å²) in [5.41, 5.74) is -1.33. The predicted octanol–water partition coefficient (Wildman–Crippen LogP) is 0.189. The minimum atomic E-state index is -0.771. The zero-order valence-electron chi connectivity index (χ0n) is 12.6. The van der Waals surface area contributed by atoms with Crippen molar-refractivity contribution in [1.29, 1.82) is 0 Å². The van der Waals surface area contributed by atoms with Crippen molar-refractivity contribution in [2.45, 2.75) is 69.5 Å². The summed E-state index contributed by atoms with van der Waals surface area (Å²) in [6, 6.07) is 0. The van der Waals surface area contributed by atoms with Gasteiger partial charge in [0.15, 0.2) is 0 Å². The van der Waals surface area contributed by atoms with E-state index in [2.05, 4.69) is 4.98 Å². The molecule has 1 saturated heterocycles. The molecule has 3 unspecified atom stereocenters. The topological polar surface area (TPSA) is 105 Å². The van der Waals surface area contributed by atoms with Gasteiger partial charge >= 0.3 is 5.69 Å². The molecule has 1 aliphatic carbocycles. The Bertz CT molecular complexity index is 659. The highest BCUT2D eigenvalue weighted by Crippen LogP contribution is 2.38. The number of nitrogens with one attached hydrogen (secondary N) is 1. The molecule has 22 heavy (non-hydrogen) atoms. The van der Waals surface area contributed by atoms with E-state index in [1.807, 2.05) is 0 Å². The lowest BCUT2D eigenvalue weighted by molar-refractivity contribution is -0.0719. The van der Waals surface area contributed by atoms with Crippen molar-refractivity contribution in [2.75, 3.05) is 0 Å². The minimum Gasteiger partial charge on any atom is -0.390 e. The Hall–Kier alpha value is -1.44. The number of hydrogen-bond acceptors (Lipinski definition) is 5. The van der Waals surface area contributed by atoms with Crippen molar-refractivity contribution >= 4 is 0 Å². The number of aliphatic hydroxyl groups excluding tert-OH is 1. The zero-order valence-corrected chi connectivity index (χ0v) is 12.6. The second-order valence-electron chi connectivity index (χ2n) is 6.55. The molecule has 3 atom stereocenters. The van der Waals surface area contributed by atoms with Crippen LogP contribution in [0.15, 0.2) is 15.8 Å². The van der Waals surface area contributed by atoms with Crippen molar-refractivity contribution in [3.8, 4) is 0 Å². The van der Waals surface area contributed by atoms with Crippen LogP contribution in [0.5, 0.6) is 0 Å². The molecule has 122 valence electrons. The van der Waals surface area contributed by atoms with Crippen molar-refractivity contribution in [3.05, 3.63) is 32.6 Å². The zero-order chi connectivity index (χ0) is 15.9. The molecule has 2 fully saturated rings. The lowest BCUT2D eigenvalue weighted by Crippen LogP contribution is -2.35. The third kappa shape index (κ3) is 2.88. The Morgan fingerprint density at radius 2 is 2.09 bits per heavy atom. The standard InChI is InChI=1S/C15H22N2O5/c1-9-8-17(14(20)16-13(9)19)12-6-10(18)11(22-12)7-15(21)4-2-3-5-15/h8,10-12,18,21H,2-7H2,1H3,(H,16,19,20). The summed E-state index contributed by atoms with van der Waals surface area (Å²) in [4.78, 5) is 25.5. The molecule has 1 aromatic rings. The fourth-order valence-electron chi connectivity index (χ4n) is 3.48. The SMILES string of the molecule is Cc1cn(C2CC(O)C(CC3(O)CCCC3)O2)c(=O)[nH]c1=O. The maximum atomic E-state index is 11.9. The highest BCUT2D eigenvalue weighted by atomic mass is 16.5. The van der Waals surface area contributed by atoms with Crippen LogP contribution < -0.4 is 11.2 Å². The first kappa shape index (κ1) is 15.5. The van der Waals surface area contributed by atoms with E-state index in [0.717, 1.165) is 25.7 Å². The van der Waals surface area contributed by atoms with Gasteiger partial charge in [-0.25, -0.2) is 4.79 Å². The molecule has 0 aromatic carbocycles. The average Bonchev–Trinajstić information content (AvgIpc) is 3.02. The highest BCUT2D eigenvalue weighted by Gasteiger charge is 2.42.